The first-order chi connectivity index (χ1) is 20.6. The summed E-state index contributed by atoms with van der Waals surface area (Å²) in [6.07, 6.45) is 8.32. The van der Waals surface area contributed by atoms with Crippen LogP contribution in [0.1, 0.15) is 71.8 Å². The van der Waals surface area contributed by atoms with Crippen LogP contribution in [0, 0.1) is 11.8 Å². The Labute approximate surface area is 254 Å². The van der Waals surface area contributed by atoms with Crippen molar-refractivity contribution in [1.29, 1.82) is 0 Å². The third-order valence-corrected chi connectivity index (χ3v) is 8.58. The number of carbonyl (C=O) groups is 1. The number of benzene rings is 1. The Morgan fingerprint density at radius 1 is 1.07 bits per heavy atom. The minimum absolute atomic E-state index is 0.0545. The molecule has 0 spiro atoms. The van der Waals surface area contributed by atoms with Crippen molar-refractivity contribution in [3.8, 4) is 17.0 Å². The maximum atomic E-state index is 13.7. The fraction of sp³-hybridized carbons (Fsp3) is 0.355. The van der Waals surface area contributed by atoms with E-state index in [4.69, 9.17) is 37.6 Å². The average molecular weight is 632 g/mol. The lowest BCUT2D eigenvalue weighted by Gasteiger charge is -2.26. The largest absolute Gasteiger partial charge is 0.493 e. The molecule has 3 aromatic heterocycles. The highest BCUT2D eigenvalue weighted by Gasteiger charge is 2.35. The first kappa shape index (κ1) is 29.4. The predicted octanol–water partition coefficient (Wildman–Crippen LogP) is 9.08. The standard InChI is InChI=1S/C31H26Cl2F3N3O4/c32-23-13-37-14-24(33)27(23)28-20(29(43-39-28)18-6-7-18)9-5-16-1-3-17(4-2-16)15-42-19-8-10-25-21(11-19)22(31(34,35)36)12-26(38-25)30(40)41/h5,8-14,16-18H,1-4,6-7,15H2,(H,40,41)/b9-5+. The molecule has 4 aromatic rings. The number of hydrogen-bond acceptors (Lipinski definition) is 6. The molecule has 0 radical (unpaired) electrons. The number of ether oxygens (including phenoxy) is 1. The third kappa shape index (κ3) is 6.35. The molecule has 3 heterocycles. The number of fused-ring (bicyclic) bond motifs is 1. The zero-order chi connectivity index (χ0) is 30.3. The lowest BCUT2D eigenvalue weighted by molar-refractivity contribution is -0.136. The van der Waals surface area contributed by atoms with E-state index in [-0.39, 0.29) is 22.6 Å². The molecule has 12 heteroatoms. The van der Waals surface area contributed by atoms with Crippen LogP contribution in [-0.4, -0.2) is 32.8 Å². The number of carboxylic acid groups (broad SMARTS) is 1. The van der Waals surface area contributed by atoms with E-state index in [0.717, 1.165) is 49.8 Å². The lowest BCUT2D eigenvalue weighted by atomic mass is 9.82. The summed E-state index contributed by atoms with van der Waals surface area (Å²) in [7, 11) is 0. The first-order valence-electron chi connectivity index (χ1n) is 13.9. The topological polar surface area (TPSA) is 98.3 Å². The summed E-state index contributed by atoms with van der Waals surface area (Å²) in [6, 6.07) is 4.71. The summed E-state index contributed by atoms with van der Waals surface area (Å²) in [5.41, 5.74) is 0.332. The number of allylic oxidation sites excluding steroid dienone is 1. The molecule has 0 aliphatic heterocycles. The van der Waals surface area contributed by atoms with Gasteiger partial charge in [0.1, 0.15) is 22.9 Å². The van der Waals surface area contributed by atoms with Gasteiger partial charge in [-0.1, -0.05) is 40.5 Å². The van der Waals surface area contributed by atoms with E-state index in [2.05, 4.69) is 27.3 Å². The van der Waals surface area contributed by atoms with Gasteiger partial charge in [-0.05, 0) is 74.6 Å². The van der Waals surface area contributed by atoms with Crippen LogP contribution >= 0.6 is 23.2 Å². The Bertz CT molecular complexity index is 1690. The Hall–Kier alpha value is -3.63. The average Bonchev–Trinajstić information content (AvgIpc) is 3.74. The highest BCUT2D eigenvalue weighted by Crippen LogP contribution is 2.46. The van der Waals surface area contributed by atoms with E-state index in [1.807, 2.05) is 0 Å². The second-order valence-corrected chi connectivity index (χ2v) is 11.9. The van der Waals surface area contributed by atoms with Crippen LogP contribution in [0.4, 0.5) is 13.2 Å². The molecule has 6 rings (SSSR count). The molecule has 2 aliphatic rings. The molecule has 0 bridgehead atoms. The second-order valence-electron chi connectivity index (χ2n) is 11.0. The summed E-state index contributed by atoms with van der Waals surface area (Å²) in [5.74, 6) is 0.523. The molecule has 0 amide bonds. The summed E-state index contributed by atoms with van der Waals surface area (Å²) < 4.78 is 52.7. The zero-order valence-electron chi connectivity index (χ0n) is 22.7. The summed E-state index contributed by atoms with van der Waals surface area (Å²) in [5, 5.41) is 14.1. The van der Waals surface area contributed by atoms with Crippen LogP contribution in [0.25, 0.3) is 28.2 Å². The van der Waals surface area contributed by atoms with Crippen molar-refractivity contribution in [1.82, 2.24) is 15.1 Å². The number of halogens is 5. The minimum atomic E-state index is -4.74. The van der Waals surface area contributed by atoms with Gasteiger partial charge in [0.15, 0.2) is 0 Å². The number of aromatic nitrogens is 3. The van der Waals surface area contributed by atoms with Gasteiger partial charge in [-0.2, -0.15) is 13.2 Å². The lowest BCUT2D eigenvalue weighted by Crippen LogP contribution is -2.19. The van der Waals surface area contributed by atoms with Crippen LogP contribution in [0.15, 0.2) is 47.3 Å². The van der Waals surface area contributed by atoms with Gasteiger partial charge >= 0.3 is 12.1 Å². The normalized spacial score (nSPS) is 19.3. The smallest absolute Gasteiger partial charge is 0.417 e. The Morgan fingerprint density at radius 3 is 2.44 bits per heavy atom. The number of carboxylic acids is 1. The Balaban J connectivity index is 1.11. The number of rotatable bonds is 8. The van der Waals surface area contributed by atoms with Crippen molar-refractivity contribution in [2.45, 2.75) is 50.6 Å². The number of aromatic carboxylic acids is 1. The van der Waals surface area contributed by atoms with Gasteiger partial charge in [-0.15, -0.1) is 0 Å². The summed E-state index contributed by atoms with van der Waals surface area (Å²) in [6.45, 7) is 0.366. The van der Waals surface area contributed by atoms with Crippen LogP contribution in [0.3, 0.4) is 0 Å². The second kappa shape index (κ2) is 11.8. The Morgan fingerprint density at radius 2 is 1.79 bits per heavy atom. The van der Waals surface area contributed by atoms with Gasteiger partial charge < -0.3 is 14.4 Å². The van der Waals surface area contributed by atoms with Crippen LogP contribution < -0.4 is 4.74 Å². The van der Waals surface area contributed by atoms with E-state index in [0.29, 0.717) is 45.8 Å². The summed E-state index contributed by atoms with van der Waals surface area (Å²) in [4.78, 5) is 19.1. The molecule has 43 heavy (non-hydrogen) atoms. The fourth-order valence-corrected chi connectivity index (χ4v) is 6.10. The maximum Gasteiger partial charge on any atom is 0.417 e. The van der Waals surface area contributed by atoms with Crippen molar-refractivity contribution >= 4 is 46.2 Å². The molecule has 2 aliphatic carbocycles. The molecule has 1 aromatic carbocycles. The van der Waals surface area contributed by atoms with Gasteiger partial charge in [-0.25, -0.2) is 9.78 Å². The molecule has 0 atom stereocenters. The molecule has 1 N–H and O–H groups in total. The molecule has 224 valence electrons. The van der Waals surface area contributed by atoms with E-state index in [1.165, 1.54) is 30.6 Å². The van der Waals surface area contributed by atoms with E-state index >= 15 is 0 Å². The van der Waals surface area contributed by atoms with Crippen LogP contribution in [-0.2, 0) is 6.18 Å². The predicted molar refractivity (Wildman–Crippen MR) is 155 cm³/mol. The fourth-order valence-electron chi connectivity index (χ4n) is 5.56. The quantitative estimate of drug-likeness (QED) is 0.207. The van der Waals surface area contributed by atoms with Crippen molar-refractivity contribution < 1.29 is 32.3 Å². The third-order valence-electron chi connectivity index (χ3n) is 8.01. The number of pyridine rings is 2. The number of alkyl halides is 3. The first-order valence-corrected chi connectivity index (χ1v) is 14.7. The Kier molecular flexibility index (Phi) is 8.08. The van der Waals surface area contributed by atoms with Crippen molar-refractivity contribution in [2.24, 2.45) is 11.8 Å². The minimum Gasteiger partial charge on any atom is -0.493 e. The maximum absolute atomic E-state index is 13.7. The van der Waals surface area contributed by atoms with Crippen LogP contribution in [0.2, 0.25) is 10.0 Å². The summed E-state index contributed by atoms with van der Waals surface area (Å²) >= 11 is 12.8. The van der Waals surface area contributed by atoms with Crippen molar-refractivity contribution in [3.63, 3.8) is 0 Å². The highest BCUT2D eigenvalue weighted by atomic mass is 35.5. The monoisotopic (exact) mass is 631 g/mol. The highest BCUT2D eigenvalue weighted by molar-refractivity contribution is 6.39. The van der Waals surface area contributed by atoms with Gasteiger partial charge in [-0.3, -0.25) is 4.98 Å². The van der Waals surface area contributed by atoms with Crippen LogP contribution in [0.5, 0.6) is 5.75 Å². The molecule has 0 unspecified atom stereocenters. The van der Waals surface area contributed by atoms with Gasteiger partial charge in [0.25, 0.3) is 0 Å². The molecular formula is C31H26Cl2F3N3O4. The van der Waals surface area contributed by atoms with Gasteiger partial charge in [0.2, 0.25) is 0 Å². The van der Waals surface area contributed by atoms with Crippen molar-refractivity contribution in [3.05, 3.63) is 75.4 Å². The van der Waals surface area contributed by atoms with Crippen molar-refractivity contribution in [2.75, 3.05) is 6.61 Å². The number of hydrogen-bond donors (Lipinski definition) is 1. The van der Waals surface area contributed by atoms with Gasteiger partial charge in [0, 0.05) is 34.8 Å². The molecule has 7 nitrogen and oxygen atoms in total. The van der Waals surface area contributed by atoms with E-state index in [9.17, 15) is 18.0 Å². The van der Waals surface area contributed by atoms with E-state index in [1.54, 1.807) is 0 Å². The van der Waals surface area contributed by atoms with Gasteiger partial charge in [0.05, 0.1) is 27.7 Å². The molecule has 2 fully saturated rings. The number of nitrogens with zero attached hydrogens (tertiary/aromatic N) is 3. The molecule has 2 saturated carbocycles. The molecular weight excluding hydrogens is 606 g/mol. The molecule has 0 saturated heterocycles. The van der Waals surface area contributed by atoms with E-state index < -0.39 is 23.4 Å². The zero-order valence-corrected chi connectivity index (χ0v) is 24.2. The SMILES string of the molecule is O=C(O)c1cc(C(F)(F)F)c2cc(OCC3CCC(/C=C/c4c(-c5c(Cl)cncc5Cl)noc4C4CC4)CC3)ccc2n1.